The quantitative estimate of drug-likeness (QED) is 0.621. The van der Waals surface area contributed by atoms with E-state index >= 15 is 0 Å². The molecule has 0 amide bonds. The van der Waals surface area contributed by atoms with Gasteiger partial charge in [0.2, 0.25) is 0 Å². The highest BCUT2D eigenvalue weighted by Gasteiger charge is 2.62. The maximum absolute atomic E-state index is 6.15. The lowest BCUT2D eigenvalue weighted by Crippen LogP contribution is -2.51. The Morgan fingerprint density at radius 3 is 2.24 bits per heavy atom. The Morgan fingerprint density at radius 2 is 1.48 bits per heavy atom. The van der Waals surface area contributed by atoms with Gasteiger partial charge in [0.25, 0.3) is 0 Å². The Kier molecular flexibility index (Phi) is 4.06. The normalized spacial score (nSPS) is 47.3. The van der Waals surface area contributed by atoms with Crippen LogP contribution < -0.4 is 0 Å². The number of hydrogen-bond donors (Lipinski definition) is 0. The first-order valence-corrected chi connectivity index (χ1v) is 11.9. The molecule has 29 heavy (non-hydrogen) atoms. The zero-order chi connectivity index (χ0) is 19.9. The summed E-state index contributed by atoms with van der Waals surface area (Å²) in [6, 6.07) is 0. The molecule has 2 heterocycles. The molecule has 2 saturated heterocycles. The molecule has 1 spiro atoms. The van der Waals surface area contributed by atoms with Crippen molar-refractivity contribution in [1.82, 2.24) is 0 Å². The average Bonchev–Trinajstić information content (AvgIpc) is 3.42. The van der Waals surface area contributed by atoms with Crippen LogP contribution in [0.1, 0.15) is 65.7 Å². The molecule has 6 rings (SSSR count). The second-order valence-electron chi connectivity index (χ2n) is 11.1. The summed E-state index contributed by atoms with van der Waals surface area (Å²) in [5, 5.41) is 0. The minimum absolute atomic E-state index is 0.272. The molecule has 4 heteroatoms. The van der Waals surface area contributed by atoms with Gasteiger partial charge in [0, 0.05) is 18.8 Å². The Bertz CT molecular complexity index is 757. The fraction of sp³-hybridized carbons (Fsp3) is 0.840. The lowest BCUT2D eigenvalue weighted by atomic mass is 9.50. The fourth-order valence-corrected chi connectivity index (χ4v) is 8.29. The van der Waals surface area contributed by atoms with Crippen molar-refractivity contribution >= 4 is 0 Å². The standard InChI is InChI=1S/C25H36O4/c1-22-10-11-25(28-14-15-29-25)16-17(22)4-5-18-19-6-7-21(24(3)26-12-13-27-24)23(19,2)9-8-20(18)22/h4-5,19-21H,6-16H2,1-3H3/t19-,20-,21-,22+,23-/m0/s1. The number of fused-ring (bicyclic) bond motifs is 5. The van der Waals surface area contributed by atoms with E-state index in [1.807, 2.05) is 0 Å². The van der Waals surface area contributed by atoms with Crippen molar-refractivity contribution in [2.24, 2.45) is 28.6 Å². The Morgan fingerprint density at radius 1 is 0.759 bits per heavy atom. The number of ether oxygens (including phenoxy) is 4. The van der Waals surface area contributed by atoms with Gasteiger partial charge in [-0.2, -0.15) is 0 Å². The van der Waals surface area contributed by atoms with Gasteiger partial charge in [-0.3, -0.25) is 0 Å². The van der Waals surface area contributed by atoms with Crippen LogP contribution in [0, 0.1) is 28.6 Å². The molecule has 6 aliphatic rings. The highest BCUT2D eigenvalue weighted by atomic mass is 16.7. The van der Waals surface area contributed by atoms with E-state index in [1.165, 1.54) is 32.1 Å². The van der Waals surface area contributed by atoms with E-state index < -0.39 is 0 Å². The predicted molar refractivity (Wildman–Crippen MR) is 110 cm³/mol. The van der Waals surface area contributed by atoms with Crippen LogP contribution in [0.4, 0.5) is 0 Å². The summed E-state index contributed by atoms with van der Waals surface area (Å²) in [5.74, 6) is 1.13. The highest BCUT2D eigenvalue weighted by molar-refractivity contribution is 5.39. The molecule has 0 aromatic heterocycles. The monoisotopic (exact) mass is 400 g/mol. The minimum atomic E-state index is -0.384. The summed E-state index contributed by atoms with van der Waals surface area (Å²) in [5.41, 5.74) is 3.84. The fourth-order valence-electron chi connectivity index (χ4n) is 8.29. The van der Waals surface area contributed by atoms with Gasteiger partial charge < -0.3 is 18.9 Å². The van der Waals surface area contributed by atoms with Crippen molar-refractivity contribution in [3.05, 3.63) is 23.3 Å². The summed E-state index contributed by atoms with van der Waals surface area (Å²) in [7, 11) is 0. The maximum atomic E-state index is 6.15. The summed E-state index contributed by atoms with van der Waals surface area (Å²) in [6.07, 6.45) is 13.2. The van der Waals surface area contributed by atoms with Crippen LogP contribution in [0.25, 0.3) is 0 Å². The molecule has 2 aliphatic heterocycles. The SMILES string of the molecule is CC1([C@H]2CC[C@H]3C4=CC=C5CC6(CC[C@@]5(C)[C@H]4CC[C@]23C)OCCO6)OCCO1. The van der Waals surface area contributed by atoms with Crippen molar-refractivity contribution < 1.29 is 18.9 Å². The van der Waals surface area contributed by atoms with Crippen molar-refractivity contribution in [1.29, 1.82) is 0 Å². The molecule has 0 radical (unpaired) electrons. The molecule has 5 fully saturated rings. The van der Waals surface area contributed by atoms with Gasteiger partial charge in [-0.05, 0) is 61.7 Å². The maximum Gasteiger partial charge on any atom is 0.172 e. The third-order valence-corrected chi connectivity index (χ3v) is 9.88. The van der Waals surface area contributed by atoms with Crippen LogP contribution in [0.15, 0.2) is 23.3 Å². The van der Waals surface area contributed by atoms with Gasteiger partial charge in [-0.1, -0.05) is 37.1 Å². The molecule has 3 saturated carbocycles. The summed E-state index contributed by atoms with van der Waals surface area (Å²) >= 11 is 0. The second-order valence-corrected chi connectivity index (χ2v) is 11.1. The summed E-state index contributed by atoms with van der Waals surface area (Å²) in [6.45, 7) is 10.2. The Hall–Kier alpha value is -0.680. The third-order valence-electron chi connectivity index (χ3n) is 9.88. The van der Waals surface area contributed by atoms with Gasteiger partial charge in [0.15, 0.2) is 11.6 Å². The largest absolute Gasteiger partial charge is 0.348 e. The number of rotatable bonds is 1. The van der Waals surface area contributed by atoms with Crippen LogP contribution in [0.5, 0.6) is 0 Å². The smallest absolute Gasteiger partial charge is 0.172 e. The Balaban J connectivity index is 1.33. The van der Waals surface area contributed by atoms with E-state index in [4.69, 9.17) is 18.9 Å². The van der Waals surface area contributed by atoms with E-state index in [1.54, 1.807) is 11.1 Å². The lowest BCUT2D eigenvalue weighted by Gasteiger charge is -2.56. The summed E-state index contributed by atoms with van der Waals surface area (Å²) < 4.78 is 24.4. The molecule has 0 aromatic carbocycles. The van der Waals surface area contributed by atoms with E-state index in [2.05, 4.69) is 32.9 Å². The molecule has 4 nitrogen and oxygen atoms in total. The third kappa shape index (κ3) is 2.52. The van der Waals surface area contributed by atoms with Gasteiger partial charge in [0.05, 0.1) is 26.4 Å². The number of allylic oxidation sites excluding steroid dienone is 3. The van der Waals surface area contributed by atoms with Crippen LogP contribution in [-0.2, 0) is 18.9 Å². The second kappa shape index (κ2) is 6.18. The van der Waals surface area contributed by atoms with Crippen LogP contribution in [-0.4, -0.2) is 38.0 Å². The molecule has 4 aliphatic carbocycles. The molecule has 0 N–H and O–H groups in total. The van der Waals surface area contributed by atoms with Crippen LogP contribution in [0.3, 0.4) is 0 Å². The topological polar surface area (TPSA) is 36.9 Å². The Labute approximate surface area is 175 Å². The zero-order valence-corrected chi connectivity index (χ0v) is 18.3. The molecular weight excluding hydrogens is 364 g/mol. The minimum Gasteiger partial charge on any atom is -0.348 e. The number of hydrogen-bond acceptors (Lipinski definition) is 4. The molecule has 5 atom stereocenters. The lowest BCUT2D eigenvalue weighted by molar-refractivity contribution is -0.208. The van der Waals surface area contributed by atoms with E-state index in [0.717, 1.165) is 39.3 Å². The van der Waals surface area contributed by atoms with Gasteiger partial charge in [-0.25, -0.2) is 0 Å². The van der Waals surface area contributed by atoms with Crippen LogP contribution >= 0.6 is 0 Å². The van der Waals surface area contributed by atoms with E-state index in [9.17, 15) is 0 Å². The van der Waals surface area contributed by atoms with E-state index in [-0.39, 0.29) is 22.4 Å². The molecule has 160 valence electrons. The molecule has 0 bridgehead atoms. The average molecular weight is 401 g/mol. The van der Waals surface area contributed by atoms with Gasteiger partial charge >= 0.3 is 0 Å². The molecular formula is C25H36O4. The zero-order valence-electron chi connectivity index (χ0n) is 18.3. The first-order chi connectivity index (χ1) is 13.9. The first-order valence-electron chi connectivity index (χ1n) is 11.9. The van der Waals surface area contributed by atoms with Crippen molar-refractivity contribution in [3.8, 4) is 0 Å². The predicted octanol–water partition coefficient (Wildman–Crippen LogP) is 4.99. The van der Waals surface area contributed by atoms with Crippen molar-refractivity contribution in [2.45, 2.75) is 77.3 Å². The highest BCUT2D eigenvalue weighted by Crippen LogP contribution is 2.67. The first kappa shape index (κ1) is 19.0. The molecule has 0 unspecified atom stereocenters. The van der Waals surface area contributed by atoms with Crippen molar-refractivity contribution in [3.63, 3.8) is 0 Å². The van der Waals surface area contributed by atoms with Crippen molar-refractivity contribution in [2.75, 3.05) is 26.4 Å². The van der Waals surface area contributed by atoms with Gasteiger partial charge in [0.1, 0.15) is 0 Å². The summed E-state index contributed by atoms with van der Waals surface area (Å²) in [4.78, 5) is 0. The van der Waals surface area contributed by atoms with E-state index in [0.29, 0.717) is 17.8 Å². The molecule has 0 aromatic rings. The van der Waals surface area contributed by atoms with Gasteiger partial charge in [-0.15, -0.1) is 0 Å². The van der Waals surface area contributed by atoms with Crippen LogP contribution in [0.2, 0.25) is 0 Å².